The zero-order valence-electron chi connectivity index (χ0n) is 14.4. The van der Waals surface area contributed by atoms with E-state index in [2.05, 4.69) is 15.5 Å². The molecule has 0 bridgehead atoms. The Bertz CT molecular complexity index is 685. The van der Waals surface area contributed by atoms with Crippen LogP contribution in [0.4, 0.5) is 0 Å². The molecule has 0 aliphatic carbocycles. The van der Waals surface area contributed by atoms with Gasteiger partial charge >= 0.3 is 5.97 Å². The summed E-state index contributed by atoms with van der Waals surface area (Å²) >= 11 is 0. The lowest BCUT2D eigenvalue weighted by atomic mass is 9.99. The molecule has 1 heterocycles. The first kappa shape index (κ1) is 18.4. The Morgan fingerprint density at radius 3 is 2.56 bits per heavy atom. The van der Waals surface area contributed by atoms with Crippen LogP contribution in [0.25, 0.3) is 11.5 Å². The number of amides is 1. The number of methoxy groups -OCH3 is 1. The maximum absolute atomic E-state index is 12.0. The molecule has 25 heavy (non-hydrogen) atoms. The van der Waals surface area contributed by atoms with E-state index in [1.165, 1.54) is 13.5 Å². The molecule has 134 valence electrons. The number of carbonyl (C=O) groups excluding carboxylic acids is 2. The molecule has 2 aromatic rings. The van der Waals surface area contributed by atoms with Crippen LogP contribution in [0.2, 0.25) is 0 Å². The van der Waals surface area contributed by atoms with E-state index in [-0.39, 0.29) is 12.5 Å². The second-order valence-electron chi connectivity index (χ2n) is 5.51. The predicted molar refractivity (Wildman–Crippen MR) is 88.6 cm³/mol. The summed E-state index contributed by atoms with van der Waals surface area (Å²) in [5.41, 5.74) is 0.747. The molecule has 2 unspecified atom stereocenters. The molecule has 0 fully saturated rings. The number of nitrogens with one attached hydrogen (secondary N) is 1. The minimum atomic E-state index is -0.689. The van der Waals surface area contributed by atoms with E-state index in [0.29, 0.717) is 11.6 Å². The summed E-state index contributed by atoms with van der Waals surface area (Å²) in [5.74, 6) is 0.0173. The number of nitrogens with zero attached hydrogens (tertiary/aromatic N) is 2. The van der Waals surface area contributed by atoms with Gasteiger partial charge in [-0.25, -0.2) is 4.79 Å². The summed E-state index contributed by atoms with van der Waals surface area (Å²) in [7, 11) is 1.30. The molecule has 1 amide bonds. The topological polar surface area (TPSA) is 104 Å². The standard InChI is InChI=1S/C17H21N3O5/c1-4-11(2)15(17(22)23-3)19-14(21)9-24-13-7-5-12(6-8-13)16-20-18-10-25-16/h5-8,10-11,15H,4,9H2,1-3H3,(H,19,21). The third kappa shape index (κ3) is 5.03. The van der Waals surface area contributed by atoms with Crippen molar-refractivity contribution in [3.8, 4) is 17.2 Å². The molecule has 0 spiro atoms. The summed E-state index contributed by atoms with van der Waals surface area (Å²) < 4.78 is 15.3. The van der Waals surface area contributed by atoms with E-state index in [4.69, 9.17) is 13.9 Å². The van der Waals surface area contributed by atoms with Gasteiger partial charge in [-0.3, -0.25) is 4.79 Å². The van der Waals surface area contributed by atoms with Crippen LogP contribution in [0, 0.1) is 5.92 Å². The normalized spacial score (nSPS) is 12.9. The molecular weight excluding hydrogens is 326 g/mol. The van der Waals surface area contributed by atoms with Gasteiger partial charge in [-0.2, -0.15) is 0 Å². The van der Waals surface area contributed by atoms with Gasteiger partial charge in [-0.05, 0) is 30.2 Å². The van der Waals surface area contributed by atoms with Crippen LogP contribution < -0.4 is 10.1 Å². The van der Waals surface area contributed by atoms with Crippen LogP contribution in [-0.4, -0.2) is 41.8 Å². The Hall–Kier alpha value is -2.90. The van der Waals surface area contributed by atoms with Crippen molar-refractivity contribution < 1.29 is 23.5 Å². The van der Waals surface area contributed by atoms with Crippen molar-refractivity contribution >= 4 is 11.9 Å². The average Bonchev–Trinajstić information content (AvgIpc) is 3.18. The highest BCUT2D eigenvalue weighted by Gasteiger charge is 2.26. The van der Waals surface area contributed by atoms with Gasteiger partial charge in [0.15, 0.2) is 6.61 Å². The van der Waals surface area contributed by atoms with E-state index in [9.17, 15) is 9.59 Å². The molecule has 2 atom stereocenters. The summed E-state index contributed by atoms with van der Waals surface area (Å²) in [6.45, 7) is 3.61. The molecule has 0 aliphatic heterocycles. The van der Waals surface area contributed by atoms with Crippen molar-refractivity contribution in [3.05, 3.63) is 30.7 Å². The van der Waals surface area contributed by atoms with Crippen LogP contribution in [0.3, 0.4) is 0 Å². The number of aromatic nitrogens is 2. The number of carbonyl (C=O) groups is 2. The molecule has 0 radical (unpaired) electrons. The molecule has 1 aromatic carbocycles. The highest BCUT2D eigenvalue weighted by molar-refractivity contribution is 5.85. The quantitative estimate of drug-likeness (QED) is 0.726. The van der Waals surface area contributed by atoms with Gasteiger partial charge in [0.1, 0.15) is 11.8 Å². The van der Waals surface area contributed by atoms with Gasteiger partial charge in [0.25, 0.3) is 5.91 Å². The molecular formula is C17H21N3O5. The Morgan fingerprint density at radius 2 is 2.00 bits per heavy atom. The summed E-state index contributed by atoms with van der Waals surface area (Å²) in [4.78, 5) is 23.8. The lowest BCUT2D eigenvalue weighted by Crippen LogP contribution is -2.47. The largest absolute Gasteiger partial charge is 0.484 e. The van der Waals surface area contributed by atoms with Crippen LogP contribution in [0.1, 0.15) is 20.3 Å². The highest BCUT2D eigenvalue weighted by atomic mass is 16.5. The summed E-state index contributed by atoms with van der Waals surface area (Å²) in [6.07, 6.45) is 1.98. The lowest BCUT2D eigenvalue weighted by Gasteiger charge is -2.21. The SMILES string of the molecule is CCC(C)C(NC(=O)COc1ccc(-c2nnco2)cc1)C(=O)OC. The van der Waals surface area contributed by atoms with Crippen LogP contribution in [-0.2, 0) is 14.3 Å². The molecule has 0 aliphatic rings. The predicted octanol–water partition coefficient (Wildman–Crippen LogP) is 1.82. The Kier molecular flexibility index (Phi) is 6.50. The number of hydrogen-bond donors (Lipinski definition) is 1. The molecule has 1 N–H and O–H groups in total. The van der Waals surface area contributed by atoms with E-state index in [1.807, 2.05) is 13.8 Å². The smallest absolute Gasteiger partial charge is 0.328 e. The number of esters is 1. The van der Waals surface area contributed by atoms with Crippen LogP contribution >= 0.6 is 0 Å². The monoisotopic (exact) mass is 347 g/mol. The fraction of sp³-hybridized carbons (Fsp3) is 0.412. The van der Waals surface area contributed by atoms with Crippen molar-refractivity contribution in [2.45, 2.75) is 26.3 Å². The highest BCUT2D eigenvalue weighted by Crippen LogP contribution is 2.20. The zero-order valence-corrected chi connectivity index (χ0v) is 14.4. The third-order valence-corrected chi connectivity index (χ3v) is 3.82. The van der Waals surface area contributed by atoms with Gasteiger partial charge in [0, 0.05) is 5.56 Å². The number of benzene rings is 1. The molecule has 8 heteroatoms. The fourth-order valence-corrected chi connectivity index (χ4v) is 2.15. The van der Waals surface area contributed by atoms with E-state index in [1.54, 1.807) is 24.3 Å². The minimum absolute atomic E-state index is 0.0370. The van der Waals surface area contributed by atoms with Gasteiger partial charge < -0.3 is 19.2 Å². The molecule has 0 saturated heterocycles. The lowest BCUT2D eigenvalue weighted by molar-refractivity contribution is -0.146. The number of rotatable bonds is 8. The van der Waals surface area contributed by atoms with Gasteiger partial charge in [-0.15, -0.1) is 10.2 Å². The first-order valence-electron chi connectivity index (χ1n) is 7.91. The second-order valence-corrected chi connectivity index (χ2v) is 5.51. The Labute approximate surface area is 145 Å². The first-order valence-corrected chi connectivity index (χ1v) is 7.91. The minimum Gasteiger partial charge on any atom is -0.484 e. The van der Waals surface area contributed by atoms with Crippen molar-refractivity contribution in [2.24, 2.45) is 5.92 Å². The summed E-state index contributed by atoms with van der Waals surface area (Å²) in [6, 6.07) is 6.19. The van der Waals surface area contributed by atoms with Gasteiger partial charge in [0.05, 0.1) is 7.11 Å². The van der Waals surface area contributed by atoms with Crippen molar-refractivity contribution in [1.82, 2.24) is 15.5 Å². The van der Waals surface area contributed by atoms with Crippen molar-refractivity contribution in [2.75, 3.05) is 13.7 Å². The number of ether oxygens (including phenoxy) is 2. The molecule has 0 saturated carbocycles. The van der Waals surface area contributed by atoms with E-state index < -0.39 is 17.9 Å². The van der Waals surface area contributed by atoms with Crippen LogP contribution in [0.5, 0.6) is 5.75 Å². The summed E-state index contributed by atoms with van der Waals surface area (Å²) in [5, 5.41) is 10.1. The van der Waals surface area contributed by atoms with Crippen molar-refractivity contribution in [3.63, 3.8) is 0 Å². The Balaban J connectivity index is 1.89. The Morgan fingerprint density at radius 1 is 1.28 bits per heavy atom. The van der Waals surface area contributed by atoms with E-state index in [0.717, 1.165) is 12.0 Å². The van der Waals surface area contributed by atoms with Crippen molar-refractivity contribution in [1.29, 1.82) is 0 Å². The number of hydrogen-bond acceptors (Lipinski definition) is 7. The second kappa shape index (κ2) is 8.81. The molecule has 1 aromatic heterocycles. The van der Waals surface area contributed by atoms with Crippen LogP contribution in [0.15, 0.2) is 35.1 Å². The van der Waals surface area contributed by atoms with Gasteiger partial charge in [-0.1, -0.05) is 20.3 Å². The zero-order chi connectivity index (χ0) is 18.2. The molecule has 2 rings (SSSR count). The first-order chi connectivity index (χ1) is 12.0. The van der Waals surface area contributed by atoms with Gasteiger partial charge in [0.2, 0.25) is 12.3 Å². The van der Waals surface area contributed by atoms with E-state index >= 15 is 0 Å². The third-order valence-electron chi connectivity index (χ3n) is 3.82. The molecule has 8 nitrogen and oxygen atoms in total. The average molecular weight is 347 g/mol. The maximum Gasteiger partial charge on any atom is 0.328 e. The maximum atomic E-state index is 12.0. The fourth-order valence-electron chi connectivity index (χ4n) is 2.15.